The minimum atomic E-state index is -2.17. The van der Waals surface area contributed by atoms with E-state index in [0.717, 1.165) is 32.5 Å². The van der Waals surface area contributed by atoms with Crippen molar-refractivity contribution in [3.8, 4) is 0 Å². The summed E-state index contributed by atoms with van der Waals surface area (Å²) in [6, 6.07) is 0. The quantitative estimate of drug-likeness (QED) is 0.554. The van der Waals surface area contributed by atoms with E-state index in [4.69, 9.17) is 0 Å². The van der Waals surface area contributed by atoms with Crippen LogP contribution in [0.25, 0.3) is 0 Å². The molecule has 4 aliphatic rings. The summed E-state index contributed by atoms with van der Waals surface area (Å²) in [4.78, 5) is 2.44. The van der Waals surface area contributed by atoms with Crippen molar-refractivity contribution in [2.24, 2.45) is 29.1 Å². The van der Waals surface area contributed by atoms with E-state index in [1.165, 1.54) is 31.3 Å². The lowest BCUT2D eigenvalue weighted by atomic mass is 9.61. The van der Waals surface area contributed by atoms with Gasteiger partial charge in [0.05, 0.1) is 12.2 Å². The number of fused-ring (bicyclic) bond motifs is 1. The summed E-state index contributed by atoms with van der Waals surface area (Å²) in [5, 5.41) is 20.0. The van der Waals surface area contributed by atoms with Gasteiger partial charge in [0.25, 0.3) is 0 Å². The fraction of sp³-hybridized carbons (Fsp3) is 0.852. The average Bonchev–Trinajstić information content (AvgIpc) is 3.28. The molecule has 0 bridgehead atoms. The summed E-state index contributed by atoms with van der Waals surface area (Å²) in [7, 11) is 0. The molecule has 32 heavy (non-hydrogen) atoms. The largest absolute Gasteiger partial charge is 0.393 e. The molecular formula is C27H43F2NO2. The SMILES string of the molecule is C[C@@H](CN1CC[C@@H](CC(F)F)C1)[C@H]1CC[C@H]2/C(=C/C=C3C[C@@H](O)C[C@@H](O)C3)CCC[C@]12C. The highest BCUT2D eigenvalue weighted by molar-refractivity contribution is 5.26. The smallest absolute Gasteiger partial charge is 0.238 e. The number of nitrogens with zero attached hydrogens (tertiary/aromatic N) is 1. The van der Waals surface area contributed by atoms with Gasteiger partial charge in [-0.25, -0.2) is 8.78 Å². The molecule has 2 N–H and O–H groups in total. The molecule has 182 valence electrons. The lowest BCUT2D eigenvalue weighted by molar-refractivity contribution is 0.0609. The van der Waals surface area contributed by atoms with Gasteiger partial charge in [0.15, 0.2) is 0 Å². The summed E-state index contributed by atoms with van der Waals surface area (Å²) in [5.41, 5.74) is 3.07. The van der Waals surface area contributed by atoms with Gasteiger partial charge in [0.2, 0.25) is 6.43 Å². The van der Waals surface area contributed by atoms with Gasteiger partial charge in [-0.1, -0.05) is 37.1 Å². The zero-order valence-electron chi connectivity index (χ0n) is 20.0. The molecule has 0 aromatic heterocycles. The molecule has 1 saturated heterocycles. The topological polar surface area (TPSA) is 43.7 Å². The Balaban J connectivity index is 1.39. The second-order valence-electron chi connectivity index (χ2n) is 11.6. The Bertz CT molecular complexity index is 696. The molecule has 1 aliphatic heterocycles. The third-order valence-electron chi connectivity index (χ3n) is 9.23. The van der Waals surface area contributed by atoms with E-state index in [-0.39, 0.29) is 12.3 Å². The number of rotatable bonds is 6. The Morgan fingerprint density at radius 1 is 1.12 bits per heavy atom. The zero-order valence-corrected chi connectivity index (χ0v) is 20.0. The molecule has 7 atom stereocenters. The number of hydrogen-bond acceptors (Lipinski definition) is 3. The Labute approximate surface area is 193 Å². The summed E-state index contributed by atoms with van der Waals surface area (Å²) < 4.78 is 25.5. The van der Waals surface area contributed by atoms with Crippen molar-refractivity contribution in [3.05, 3.63) is 23.3 Å². The van der Waals surface area contributed by atoms with Crippen LogP contribution in [0.1, 0.15) is 78.1 Å². The van der Waals surface area contributed by atoms with Crippen LogP contribution in [-0.2, 0) is 0 Å². The van der Waals surface area contributed by atoms with Gasteiger partial charge in [-0.3, -0.25) is 0 Å². The fourth-order valence-electron chi connectivity index (χ4n) is 7.80. The molecule has 0 amide bonds. The molecule has 3 nitrogen and oxygen atoms in total. The van der Waals surface area contributed by atoms with Crippen LogP contribution < -0.4 is 0 Å². The molecule has 1 heterocycles. The van der Waals surface area contributed by atoms with Crippen LogP contribution in [-0.4, -0.2) is 53.4 Å². The molecule has 0 unspecified atom stereocenters. The van der Waals surface area contributed by atoms with Crippen LogP contribution in [0.4, 0.5) is 8.78 Å². The van der Waals surface area contributed by atoms with Crippen molar-refractivity contribution in [1.29, 1.82) is 0 Å². The van der Waals surface area contributed by atoms with E-state index in [0.29, 0.717) is 42.4 Å². The van der Waals surface area contributed by atoms with Gasteiger partial charge in [-0.05, 0) is 93.4 Å². The number of alkyl halides is 2. The van der Waals surface area contributed by atoms with E-state index in [1.54, 1.807) is 5.57 Å². The predicted octanol–water partition coefficient (Wildman–Crippen LogP) is 5.57. The first kappa shape index (κ1) is 24.3. The standard InChI is InChI=1S/C27H43F2NO2/c1-18(16-30-11-9-20(17-30)14-26(28)29)24-7-8-25-21(4-3-10-27(24,25)2)6-5-19-12-22(31)15-23(32)13-19/h5-6,18,20,22-26,31-32H,3-4,7-17H2,1-2H3/b19-5?,21-6+/t18-,20-,22-,23+,24+,25-,27+/m0/s1. The first-order chi connectivity index (χ1) is 15.2. The second kappa shape index (κ2) is 10.2. The van der Waals surface area contributed by atoms with Crippen LogP contribution >= 0.6 is 0 Å². The van der Waals surface area contributed by atoms with E-state index in [2.05, 4.69) is 30.9 Å². The normalized spacial score (nSPS) is 42.2. The summed E-state index contributed by atoms with van der Waals surface area (Å²) >= 11 is 0. The van der Waals surface area contributed by atoms with Crippen molar-refractivity contribution < 1.29 is 19.0 Å². The molecule has 0 aromatic carbocycles. The van der Waals surface area contributed by atoms with E-state index in [9.17, 15) is 19.0 Å². The first-order valence-corrected chi connectivity index (χ1v) is 13.0. The lowest BCUT2D eigenvalue weighted by Crippen LogP contribution is -2.39. The molecule has 0 aromatic rings. The van der Waals surface area contributed by atoms with Gasteiger partial charge >= 0.3 is 0 Å². The molecule has 3 saturated carbocycles. The van der Waals surface area contributed by atoms with Gasteiger partial charge in [0, 0.05) is 19.5 Å². The number of aliphatic hydroxyl groups excluding tert-OH is 2. The maximum Gasteiger partial charge on any atom is 0.238 e. The van der Waals surface area contributed by atoms with Gasteiger partial charge < -0.3 is 15.1 Å². The highest BCUT2D eigenvalue weighted by atomic mass is 19.3. The van der Waals surface area contributed by atoms with Gasteiger partial charge in [-0.2, -0.15) is 0 Å². The van der Waals surface area contributed by atoms with E-state index >= 15 is 0 Å². The molecule has 5 heteroatoms. The fourth-order valence-corrected chi connectivity index (χ4v) is 7.80. The Kier molecular flexibility index (Phi) is 7.78. The summed E-state index contributed by atoms with van der Waals surface area (Å²) in [5.74, 6) is 2.08. The van der Waals surface area contributed by atoms with Crippen LogP contribution in [0, 0.1) is 29.1 Å². The maximum atomic E-state index is 12.8. The van der Waals surface area contributed by atoms with Gasteiger partial charge in [0.1, 0.15) is 0 Å². The monoisotopic (exact) mass is 451 g/mol. The molecular weight excluding hydrogens is 408 g/mol. The van der Waals surface area contributed by atoms with Crippen molar-refractivity contribution >= 4 is 0 Å². The molecule has 0 radical (unpaired) electrons. The van der Waals surface area contributed by atoms with Crippen molar-refractivity contribution in [3.63, 3.8) is 0 Å². The van der Waals surface area contributed by atoms with Crippen LogP contribution in [0.2, 0.25) is 0 Å². The second-order valence-corrected chi connectivity index (χ2v) is 11.6. The molecule has 0 spiro atoms. The van der Waals surface area contributed by atoms with Crippen molar-refractivity contribution in [2.45, 2.75) is 96.7 Å². The Hall–Kier alpha value is -0.780. The Morgan fingerprint density at radius 2 is 1.88 bits per heavy atom. The van der Waals surface area contributed by atoms with Crippen LogP contribution in [0.5, 0.6) is 0 Å². The number of hydrogen-bond donors (Lipinski definition) is 2. The van der Waals surface area contributed by atoms with Crippen LogP contribution in [0.15, 0.2) is 23.3 Å². The van der Waals surface area contributed by atoms with E-state index < -0.39 is 18.6 Å². The predicted molar refractivity (Wildman–Crippen MR) is 125 cm³/mol. The lowest BCUT2D eigenvalue weighted by Gasteiger charge is -2.45. The minimum Gasteiger partial charge on any atom is -0.393 e. The minimum absolute atomic E-state index is 0.0613. The summed E-state index contributed by atoms with van der Waals surface area (Å²) in [6.45, 7) is 7.77. The number of aliphatic hydroxyl groups is 2. The van der Waals surface area contributed by atoms with E-state index in [1.807, 2.05) is 0 Å². The average molecular weight is 452 g/mol. The van der Waals surface area contributed by atoms with Crippen molar-refractivity contribution in [1.82, 2.24) is 4.90 Å². The molecule has 3 aliphatic carbocycles. The first-order valence-electron chi connectivity index (χ1n) is 13.0. The highest BCUT2D eigenvalue weighted by Crippen LogP contribution is 2.59. The molecule has 4 rings (SSSR count). The third kappa shape index (κ3) is 5.47. The Morgan fingerprint density at radius 3 is 2.59 bits per heavy atom. The number of halogens is 2. The highest BCUT2D eigenvalue weighted by Gasteiger charge is 2.50. The summed E-state index contributed by atoms with van der Waals surface area (Å²) in [6.07, 6.45) is 10.6. The van der Waals surface area contributed by atoms with Crippen LogP contribution in [0.3, 0.4) is 0 Å². The van der Waals surface area contributed by atoms with Gasteiger partial charge in [-0.15, -0.1) is 0 Å². The molecule has 4 fully saturated rings. The third-order valence-corrected chi connectivity index (χ3v) is 9.23. The van der Waals surface area contributed by atoms with Crippen molar-refractivity contribution in [2.75, 3.05) is 19.6 Å². The maximum absolute atomic E-state index is 12.8. The number of likely N-dealkylation sites (tertiary alicyclic amines) is 1. The zero-order chi connectivity index (χ0) is 22.9. The number of allylic oxidation sites excluding steroid dienone is 3.